The Bertz CT molecular complexity index is 481. The highest BCUT2D eigenvalue weighted by atomic mass is 127. The smallest absolute Gasteiger partial charge is 0.0679 e. The number of benzene rings is 1. The summed E-state index contributed by atoms with van der Waals surface area (Å²) >= 11 is 5.62. The van der Waals surface area contributed by atoms with Crippen molar-refractivity contribution in [1.82, 2.24) is 9.78 Å². The monoisotopic (exact) mass is 377 g/mol. The number of hydrogen-bond acceptors (Lipinski definition) is 2. The van der Waals surface area contributed by atoms with Crippen LogP contribution in [0.5, 0.6) is 0 Å². The maximum absolute atomic E-state index is 5.90. The number of nitrogens with zero attached hydrogens (tertiary/aromatic N) is 2. The molecule has 1 aromatic carbocycles. The van der Waals surface area contributed by atoms with Gasteiger partial charge in [-0.25, -0.2) is 0 Å². The molecule has 3 nitrogen and oxygen atoms in total. The molecule has 0 unspecified atom stereocenters. The van der Waals surface area contributed by atoms with Crippen molar-refractivity contribution in [3.8, 4) is 0 Å². The van der Waals surface area contributed by atoms with Gasteiger partial charge in [-0.05, 0) is 40.3 Å². The SMILES string of the molecule is Nc1cc(Br)ccc1Cn1cc(I)cn1. The molecule has 15 heavy (non-hydrogen) atoms. The van der Waals surface area contributed by atoms with E-state index in [1.807, 2.05) is 35.3 Å². The average Bonchev–Trinajstić information content (AvgIpc) is 2.56. The molecule has 0 aliphatic heterocycles. The number of nitrogen functional groups attached to an aromatic ring is 1. The standard InChI is InChI=1S/C10H9BrIN3/c11-8-2-1-7(10(13)3-8)5-15-6-9(12)4-14-15/h1-4,6H,5,13H2. The van der Waals surface area contributed by atoms with Crippen LogP contribution in [-0.2, 0) is 6.54 Å². The van der Waals surface area contributed by atoms with E-state index in [4.69, 9.17) is 5.73 Å². The summed E-state index contributed by atoms with van der Waals surface area (Å²) in [7, 11) is 0. The van der Waals surface area contributed by atoms with E-state index in [0.29, 0.717) is 6.54 Å². The highest BCUT2D eigenvalue weighted by molar-refractivity contribution is 14.1. The third-order valence-corrected chi connectivity index (χ3v) is 3.09. The van der Waals surface area contributed by atoms with Gasteiger partial charge in [0.15, 0.2) is 0 Å². The van der Waals surface area contributed by atoms with Gasteiger partial charge >= 0.3 is 0 Å². The van der Waals surface area contributed by atoms with Crippen LogP contribution in [0.25, 0.3) is 0 Å². The predicted molar refractivity (Wildman–Crippen MR) is 72.6 cm³/mol. The first kappa shape index (κ1) is 10.9. The van der Waals surface area contributed by atoms with E-state index >= 15 is 0 Å². The van der Waals surface area contributed by atoms with E-state index in [-0.39, 0.29) is 0 Å². The number of halogens is 2. The second-order valence-electron chi connectivity index (χ2n) is 3.20. The Morgan fingerprint density at radius 2 is 2.27 bits per heavy atom. The summed E-state index contributed by atoms with van der Waals surface area (Å²) in [6.07, 6.45) is 3.82. The lowest BCUT2D eigenvalue weighted by Crippen LogP contribution is -2.03. The quantitative estimate of drug-likeness (QED) is 0.646. The van der Waals surface area contributed by atoms with Crippen molar-refractivity contribution in [2.45, 2.75) is 6.54 Å². The second kappa shape index (κ2) is 4.52. The van der Waals surface area contributed by atoms with E-state index in [2.05, 4.69) is 43.6 Å². The molecule has 0 fully saturated rings. The molecule has 0 aliphatic carbocycles. The zero-order valence-corrected chi connectivity index (χ0v) is 11.6. The number of nitrogens with two attached hydrogens (primary N) is 1. The third-order valence-electron chi connectivity index (χ3n) is 2.04. The molecule has 0 aliphatic rings. The van der Waals surface area contributed by atoms with Gasteiger partial charge in [-0.15, -0.1) is 0 Å². The Labute approximate surface area is 110 Å². The maximum atomic E-state index is 5.90. The lowest BCUT2D eigenvalue weighted by Gasteiger charge is -2.05. The van der Waals surface area contributed by atoms with Crippen molar-refractivity contribution < 1.29 is 0 Å². The summed E-state index contributed by atoms with van der Waals surface area (Å²) in [6.45, 7) is 0.710. The minimum atomic E-state index is 0.710. The third kappa shape index (κ3) is 2.72. The zero-order chi connectivity index (χ0) is 10.8. The number of anilines is 1. The van der Waals surface area contributed by atoms with Crippen molar-refractivity contribution >= 4 is 44.2 Å². The molecule has 1 heterocycles. The summed E-state index contributed by atoms with van der Waals surface area (Å²) < 4.78 is 4.00. The van der Waals surface area contributed by atoms with Gasteiger partial charge < -0.3 is 5.73 Å². The van der Waals surface area contributed by atoms with Gasteiger partial charge in [0.25, 0.3) is 0 Å². The van der Waals surface area contributed by atoms with Crippen molar-refractivity contribution in [2.24, 2.45) is 0 Å². The average molecular weight is 378 g/mol. The molecule has 0 saturated heterocycles. The molecule has 1 aromatic heterocycles. The predicted octanol–water partition coefficient (Wildman–Crippen LogP) is 2.88. The van der Waals surface area contributed by atoms with Crippen molar-refractivity contribution in [3.63, 3.8) is 0 Å². The van der Waals surface area contributed by atoms with Gasteiger partial charge in [-0.3, -0.25) is 4.68 Å². The molecule has 0 radical (unpaired) electrons. The lowest BCUT2D eigenvalue weighted by atomic mass is 10.2. The summed E-state index contributed by atoms with van der Waals surface area (Å²) in [6, 6.07) is 5.90. The highest BCUT2D eigenvalue weighted by Crippen LogP contribution is 2.19. The normalized spacial score (nSPS) is 10.5. The van der Waals surface area contributed by atoms with Crippen LogP contribution in [0.2, 0.25) is 0 Å². The van der Waals surface area contributed by atoms with Crippen LogP contribution >= 0.6 is 38.5 Å². The minimum absolute atomic E-state index is 0.710. The Balaban J connectivity index is 2.24. The van der Waals surface area contributed by atoms with Crippen LogP contribution in [0.3, 0.4) is 0 Å². The Hall–Kier alpha value is -0.560. The van der Waals surface area contributed by atoms with E-state index in [0.717, 1.165) is 19.3 Å². The van der Waals surface area contributed by atoms with Crippen LogP contribution in [-0.4, -0.2) is 9.78 Å². The van der Waals surface area contributed by atoms with Crippen LogP contribution < -0.4 is 5.73 Å². The van der Waals surface area contributed by atoms with Crippen molar-refractivity contribution in [2.75, 3.05) is 5.73 Å². The molecule has 2 aromatic rings. The Morgan fingerprint density at radius 1 is 1.47 bits per heavy atom. The molecule has 0 amide bonds. The summed E-state index contributed by atoms with van der Waals surface area (Å²) in [4.78, 5) is 0. The molecule has 2 rings (SSSR count). The van der Waals surface area contributed by atoms with Crippen molar-refractivity contribution in [1.29, 1.82) is 0 Å². The van der Waals surface area contributed by atoms with Gasteiger partial charge in [0, 0.05) is 16.4 Å². The number of rotatable bonds is 2. The molecular formula is C10H9BrIN3. The molecule has 0 saturated carbocycles. The van der Waals surface area contributed by atoms with E-state index in [1.54, 1.807) is 0 Å². The fourth-order valence-corrected chi connectivity index (χ4v) is 2.13. The van der Waals surface area contributed by atoms with Crippen LogP contribution in [0, 0.1) is 3.57 Å². The van der Waals surface area contributed by atoms with Crippen molar-refractivity contribution in [3.05, 3.63) is 44.2 Å². The molecule has 0 spiro atoms. The Kier molecular flexibility index (Phi) is 3.30. The number of hydrogen-bond donors (Lipinski definition) is 1. The minimum Gasteiger partial charge on any atom is -0.398 e. The highest BCUT2D eigenvalue weighted by Gasteiger charge is 2.02. The van der Waals surface area contributed by atoms with E-state index < -0.39 is 0 Å². The first-order chi connectivity index (χ1) is 7.15. The first-order valence-electron chi connectivity index (χ1n) is 4.37. The van der Waals surface area contributed by atoms with Crippen LogP contribution in [0.15, 0.2) is 35.1 Å². The molecular weight excluding hydrogens is 369 g/mol. The van der Waals surface area contributed by atoms with Gasteiger partial charge in [0.1, 0.15) is 0 Å². The lowest BCUT2D eigenvalue weighted by molar-refractivity contribution is 0.688. The van der Waals surface area contributed by atoms with Gasteiger partial charge in [-0.2, -0.15) is 5.10 Å². The Morgan fingerprint density at radius 3 is 2.87 bits per heavy atom. The summed E-state index contributed by atoms with van der Waals surface area (Å²) in [5, 5.41) is 4.22. The molecule has 5 heteroatoms. The fraction of sp³-hybridized carbons (Fsp3) is 0.100. The van der Waals surface area contributed by atoms with Crippen LogP contribution in [0.4, 0.5) is 5.69 Å². The molecule has 0 atom stereocenters. The number of aromatic nitrogens is 2. The van der Waals surface area contributed by atoms with Gasteiger partial charge in [0.05, 0.1) is 16.3 Å². The summed E-state index contributed by atoms with van der Waals surface area (Å²) in [5.74, 6) is 0. The topological polar surface area (TPSA) is 43.8 Å². The molecule has 2 N–H and O–H groups in total. The van der Waals surface area contributed by atoms with E-state index in [1.165, 1.54) is 0 Å². The van der Waals surface area contributed by atoms with Gasteiger partial charge in [-0.1, -0.05) is 22.0 Å². The van der Waals surface area contributed by atoms with E-state index in [9.17, 15) is 0 Å². The zero-order valence-electron chi connectivity index (χ0n) is 7.82. The second-order valence-corrected chi connectivity index (χ2v) is 5.36. The molecule has 78 valence electrons. The van der Waals surface area contributed by atoms with Crippen LogP contribution in [0.1, 0.15) is 5.56 Å². The summed E-state index contributed by atoms with van der Waals surface area (Å²) in [5.41, 5.74) is 7.77. The maximum Gasteiger partial charge on any atom is 0.0679 e. The largest absolute Gasteiger partial charge is 0.398 e. The van der Waals surface area contributed by atoms with Gasteiger partial charge in [0.2, 0.25) is 0 Å². The molecule has 0 bridgehead atoms. The first-order valence-corrected chi connectivity index (χ1v) is 6.24. The fourth-order valence-electron chi connectivity index (χ4n) is 1.31.